The molecular weight excluding hydrogens is 370 g/mol. The van der Waals surface area contributed by atoms with Gasteiger partial charge in [0.1, 0.15) is 0 Å². The molecule has 5 nitrogen and oxygen atoms in total. The second-order valence-electron chi connectivity index (χ2n) is 5.28. The predicted molar refractivity (Wildman–Crippen MR) is 89.0 cm³/mol. The molecule has 3 rings (SSSR count). The van der Waals surface area contributed by atoms with Gasteiger partial charge in [-0.3, -0.25) is 9.59 Å². The maximum atomic E-state index is 12.1. The van der Waals surface area contributed by atoms with Crippen molar-refractivity contribution < 1.29 is 4.79 Å². The Bertz CT molecular complexity index is 827. The molecule has 1 aromatic heterocycles. The van der Waals surface area contributed by atoms with Crippen molar-refractivity contribution >= 4 is 44.5 Å². The van der Waals surface area contributed by atoms with E-state index in [1.807, 2.05) is 0 Å². The molecule has 0 bridgehead atoms. The summed E-state index contributed by atoms with van der Waals surface area (Å²) >= 11 is 9.48. The number of nitrogens with zero attached hydrogens (tertiary/aromatic N) is 3. The maximum absolute atomic E-state index is 12.1. The van der Waals surface area contributed by atoms with Gasteiger partial charge in [0.25, 0.3) is 5.56 Å². The first kappa shape index (κ1) is 15.2. The first-order valence-electron chi connectivity index (χ1n) is 6.75. The summed E-state index contributed by atoms with van der Waals surface area (Å²) in [5.41, 5.74) is 1.24. The Balaban J connectivity index is 1.90. The zero-order valence-electron chi connectivity index (χ0n) is 11.6. The van der Waals surface area contributed by atoms with Crippen molar-refractivity contribution in [1.29, 1.82) is 0 Å². The van der Waals surface area contributed by atoms with Crippen LogP contribution in [-0.2, 0) is 11.3 Å². The molecule has 0 atom stereocenters. The SMILES string of the molecule is C=CC(=O)N1CC(Cn2c(=O)cnc3cc(Br)c(Cl)cc32)C1. The van der Waals surface area contributed by atoms with Gasteiger partial charge in [-0.05, 0) is 34.1 Å². The fraction of sp³-hybridized carbons (Fsp3) is 0.267. The molecule has 0 spiro atoms. The first-order valence-corrected chi connectivity index (χ1v) is 7.92. The summed E-state index contributed by atoms with van der Waals surface area (Å²) in [7, 11) is 0. The number of benzene rings is 1. The van der Waals surface area contributed by atoms with E-state index in [-0.39, 0.29) is 17.4 Å². The summed E-state index contributed by atoms with van der Waals surface area (Å²) in [6.07, 6.45) is 2.62. The smallest absolute Gasteiger partial charge is 0.269 e. The van der Waals surface area contributed by atoms with E-state index in [1.165, 1.54) is 12.3 Å². The molecule has 2 heterocycles. The number of likely N-dealkylation sites (tertiary alicyclic amines) is 1. The molecule has 114 valence electrons. The minimum absolute atomic E-state index is 0.0739. The molecule has 0 aliphatic carbocycles. The van der Waals surface area contributed by atoms with Gasteiger partial charge in [0.2, 0.25) is 5.91 Å². The van der Waals surface area contributed by atoms with Crippen molar-refractivity contribution in [2.24, 2.45) is 5.92 Å². The summed E-state index contributed by atoms with van der Waals surface area (Å²) < 4.78 is 2.41. The van der Waals surface area contributed by atoms with E-state index < -0.39 is 0 Å². The van der Waals surface area contributed by atoms with Crippen LogP contribution in [0, 0.1) is 5.92 Å². The van der Waals surface area contributed by atoms with Crippen molar-refractivity contribution in [3.8, 4) is 0 Å². The third kappa shape index (κ3) is 2.68. The van der Waals surface area contributed by atoms with Crippen LogP contribution in [0.4, 0.5) is 0 Å². The van der Waals surface area contributed by atoms with E-state index in [0.717, 1.165) is 4.47 Å². The van der Waals surface area contributed by atoms with Crippen LogP contribution < -0.4 is 5.56 Å². The van der Waals surface area contributed by atoms with E-state index in [1.54, 1.807) is 21.6 Å². The van der Waals surface area contributed by atoms with Gasteiger partial charge in [0.05, 0.1) is 22.3 Å². The maximum Gasteiger partial charge on any atom is 0.269 e. The molecule has 2 aromatic rings. The second kappa shape index (κ2) is 5.85. The zero-order chi connectivity index (χ0) is 15.9. The van der Waals surface area contributed by atoms with E-state index in [0.29, 0.717) is 35.7 Å². The first-order chi connectivity index (χ1) is 10.5. The molecular formula is C15H13BrClN3O2. The Morgan fingerprint density at radius 3 is 2.91 bits per heavy atom. The number of hydrogen-bond donors (Lipinski definition) is 0. The molecule has 22 heavy (non-hydrogen) atoms. The van der Waals surface area contributed by atoms with Crippen LogP contribution in [0.1, 0.15) is 0 Å². The highest BCUT2D eigenvalue weighted by atomic mass is 79.9. The highest BCUT2D eigenvalue weighted by molar-refractivity contribution is 9.10. The van der Waals surface area contributed by atoms with Gasteiger partial charge < -0.3 is 9.47 Å². The number of amides is 1. The summed E-state index contributed by atoms with van der Waals surface area (Å²) in [5.74, 6) is 0.171. The van der Waals surface area contributed by atoms with Gasteiger partial charge in [0.15, 0.2) is 0 Å². The van der Waals surface area contributed by atoms with E-state index in [4.69, 9.17) is 11.6 Å². The summed E-state index contributed by atoms with van der Waals surface area (Å²) in [6.45, 7) is 5.27. The Hall–Kier alpha value is -1.66. The van der Waals surface area contributed by atoms with E-state index in [9.17, 15) is 9.59 Å². The Kier molecular flexibility index (Phi) is 4.06. The zero-order valence-corrected chi connectivity index (χ0v) is 14.0. The molecule has 1 amide bonds. The molecule has 1 fully saturated rings. The molecule has 0 saturated carbocycles. The average molecular weight is 383 g/mol. The number of rotatable bonds is 3. The molecule has 0 unspecified atom stereocenters. The number of carbonyl (C=O) groups is 1. The highest BCUT2D eigenvalue weighted by Gasteiger charge is 2.30. The van der Waals surface area contributed by atoms with Gasteiger partial charge in [-0.25, -0.2) is 4.98 Å². The molecule has 0 radical (unpaired) electrons. The van der Waals surface area contributed by atoms with Crippen molar-refractivity contribution in [1.82, 2.24) is 14.5 Å². The predicted octanol–water partition coefficient (Wildman–Crippen LogP) is 2.46. The molecule has 0 N–H and O–H groups in total. The minimum Gasteiger partial charge on any atom is -0.338 e. The molecule has 1 aromatic carbocycles. The van der Waals surface area contributed by atoms with Crippen LogP contribution in [0.25, 0.3) is 11.0 Å². The van der Waals surface area contributed by atoms with E-state index >= 15 is 0 Å². The summed E-state index contributed by atoms with van der Waals surface area (Å²) in [4.78, 5) is 29.4. The van der Waals surface area contributed by atoms with Crippen molar-refractivity contribution in [2.45, 2.75) is 6.54 Å². The van der Waals surface area contributed by atoms with Gasteiger partial charge in [-0.1, -0.05) is 18.2 Å². The van der Waals surface area contributed by atoms with Gasteiger partial charge in [-0.15, -0.1) is 0 Å². The average Bonchev–Trinajstić information content (AvgIpc) is 2.45. The van der Waals surface area contributed by atoms with Crippen LogP contribution in [0.15, 0.2) is 40.3 Å². The van der Waals surface area contributed by atoms with Crippen LogP contribution in [-0.4, -0.2) is 33.4 Å². The van der Waals surface area contributed by atoms with E-state index in [2.05, 4.69) is 27.5 Å². The normalized spacial score (nSPS) is 14.9. The topological polar surface area (TPSA) is 55.2 Å². The van der Waals surface area contributed by atoms with Gasteiger partial charge >= 0.3 is 0 Å². The quantitative estimate of drug-likeness (QED) is 0.766. The van der Waals surface area contributed by atoms with Crippen molar-refractivity contribution in [3.63, 3.8) is 0 Å². The minimum atomic E-state index is -0.167. The monoisotopic (exact) mass is 381 g/mol. The summed E-state index contributed by atoms with van der Waals surface area (Å²) in [6, 6.07) is 3.53. The number of carbonyl (C=O) groups excluding carboxylic acids is 1. The summed E-state index contributed by atoms with van der Waals surface area (Å²) in [5, 5.41) is 0.533. The third-order valence-electron chi connectivity index (χ3n) is 3.77. The fourth-order valence-electron chi connectivity index (χ4n) is 2.60. The lowest BCUT2D eigenvalue weighted by Gasteiger charge is -2.39. The lowest BCUT2D eigenvalue weighted by atomic mass is 10.00. The Morgan fingerprint density at radius 1 is 1.50 bits per heavy atom. The van der Waals surface area contributed by atoms with Crippen LogP contribution in [0.3, 0.4) is 0 Å². The standard InChI is InChI=1S/C15H13BrClN3O2/c1-2-14(21)19-6-9(7-19)8-20-13-4-11(17)10(16)3-12(13)18-5-15(20)22/h2-5,9H,1,6-8H2. The van der Waals surface area contributed by atoms with Gasteiger partial charge in [-0.2, -0.15) is 0 Å². The van der Waals surface area contributed by atoms with Crippen LogP contribution in [0.5, 0.6) is 0 Å². The van der Waals surface area contributed by atoms with Crippen LogP contribution in [0.2, 0.25) is 5.02 Å². The third-order valence-corrected chi connectivity index (χ3v) is 4.97. The second-order valence-corrected chi connectivity index (χ2v) is 6.54. The molecule has 1 aliphatic rings. The lowest BCUT2D eigenvalue weighted by Crippen LogP contribution is -2.51. The molecule has 1 aliphatic heterocycles. The van der Waals surface area contributed by atoms with Gasteiger partial charge in [0, 0.05) is 30.0 Å². The molecule has 7 heteroatoms. The number of hydrogen-bond acceptors (Lipinski definition) is 3. The number of halogens is 2. The Morgan fingerprint density at radius 2 is 2.23 bits per heavy atom. The molecule has 1 saturated heterocycles. The fourth-order valence-corrected chi connectivity index (χ4v) is 3.09. The largest absolute Gasteiger partial charge is 0.338 e. The van der Waals surface area contributed by atoms with Crippen LogP contribution >= 0.6 is 27.5 Å². The highest BCUT2D eigenvalue weighted by Crippen LogP contribution is 2.27. The number of fused-ring (bicyclic) bond motifs is 1. The lowest BCUT2D eigenvalue weighted by molar-refractivity contribution is -0.132. The van der Waals surface area contributed by atoms with Crippen molar-refractivity contribution in [3.05, 3.63) is 50.8 Å². The number of aromatic nitrogens is 2. The van der Waals surface area contributed by atoms with Crippen molar-refractivity contribution in [2.75, 3.05) is 13.1 Å². The Labute approximate surface area is 140 Å².